The highest BCUT2D eigenvalue weighted by atomic mass is 35.5. The summed E-state index contributed by atoms with van der Waals surface area (Å²) in [5.41, 5.74) is 0.572. The normalized spacial score (nSPS) is 14.7. The lowest BCUT2D eigenvalue weighted by molar-refractivity contribution is -0.384. The van der Waals surface area contributed by atoms with Crippen molar-refractivity contribution in [3.63, 3.8) is 0 Å². The smallest absolute Gasteiger partial charge is 0.329 e. The molecule has 2 heterocycles. The molecule has 1 aromatic carbocycles. The maximum atomic E-state index is 11.4. The molecular weight excluding hydrogens is 386 g/mol. The van der Waals surface area contributed by atoms with E-state index in [1.807, 2.05) is 4.90 Å². The molecule has 0 spiro atoms. The van der Waals surface area contributed by atoms with Gasteiger partial charge in [-0.05, 0) is 49.4 Å². The van der Waals surface area contributed by atoms with Gasteiger partial charge in [-0.15, -0.1) is 0 Å². The van der Waals surface area contributed by atoms with Crippen LogP contribution >= 0.6 is 11.6 Å². The van der Waals surface area contributed by atoms with Crippen LogP contribution in [-0.2, 0) is 4.79 Å². The molecule has 1 aliphatic heterocycles. The fraction of sp³-hybridized carbons (Fsp3) is 0.389. The number of piperidine rings is 1. The van der Waals surface area contributed by atoms with Crippen LogP contribution in [0, 0.1) is 16.0 Å². The number of hydrogen-bond acceptors (Lipinski definition) is 7. The second-order valence-electron chi connectivity index (χ2n) is 6.65. The lowest BCUT2D eigenvalue weighted by atomic mass is 9.92. The summed E-state index contributed by atoms with van der Waals surface area (Å²) in [6.45, 7) is 1.17. The largest absolute Gasteiger partial charge is 0.481 e. The Kier molecular flexibility index (Phi) is 6.25. The van der Waals surface area contributed by atoms with Crippen LogP contribution < -0.4 is 10.2 Å². The number of halogens is 1. The van der Waals surface area contributed by atoms with E-state index in [0.717, 1.165) is 18.5 Å². The van der Waals surface area contributed by atoms with Crippen molar-refractivity contribution in [3.05, 3.63) is 45.6 Å². The number of hydrogen-bond donors (Lipinski definition) is 2. The summed E-state index contributed by atoms with van der Waals surface area (Å²) < 4.78 is 0. The summed E-state index contributed by atoms with van der Waals surface area (Å²) in [6.07, 6.45) is 3.52. The Labute approximate surface area is 166 Å². The van der Waals surface area contributed by atoms with Gasteiger partial charge in [-0.2, -0.15) is 4.98 Å². The third kappa shape index (κ3) is 5.07. The molecule has 0 bridgehead atoms. The molecule has 0 aliphatic carbocycles. The summed E-state index contributed by atoms with van der Waals surface area (Å²) in [4.78, 5) is 31.9. The lowest BCUT2D eigenvalue weighted by Gasteiger charge is -2.32. The third-order valence-corrected chi connectivity index (χ3v) is 4.98. The molecule has 0 unspecified atom stereocenters. The molecule has 0 amide bonds. The number of nitrogens with one attached hydrogen (secondary N) is 1. The number of nitrogens with zero attached hydrogens (tertiary/aromatic N) is 4. The number of aromatic nitrogens is 2. The van der Waals surface area contributed by atoms with Gasteiger partial charge in [0.15, 0.2) is 0 Å². The molecule has 9 nitrogen and oxygen atoms in total. The van der Waals surface area contributed by atoms with Crippen LogP contribution in [0.1, 0.15) is 25.7 Å². The second-order valence-corrected chi connectivity index (χ2v) is 7.09. The number of benzene rings is 1. The van der Waals surface area contributed by atoms with Crippen LogP contribution in [0.2, 0.25) is 5.02 Å². The highest BCUT2D eigenvalue weighted by Gasteiger charge is 2.27. The van der Waals surface area contributed by atoms with Crippen molar-refractivity contribution in [2.45, 2.75) is 25.7 Å². The first-order chi connectivity index (χ1) is 13.4. The van der Waals surface area contributed by atoms with Gasteiger partial charge >= 0.3 is 11.7 Å². The average molecular weight is 406 g/mol. The molecule has 10 heteroatoms. The number of anilines is 3. The Balaban J connectivity index is 1.74. The predicted molar refractivity (Wildman–Crippen MR) is 105 cm³/mol. The van der Waals surface area contributed by atoms with E-state index < -0.39 is 10.9 Å². The Bertz CT molecular complexity index is 854. The number of nitro groups is 1. The Morgan fingerprint density at radius 3 is 2.61 bits per heavy atom. The van der Waals surface area contributed by atoms with Crippen LogP contribution in [0.5, 0.6) is 0 Å². The van der Waals surface area contributed by atoms with Gasteiger partial charge in [0, 0.05) is 30.2 Å². The quantitative estimate of drug-likeness (QED) is 0.526. The minimum atomic E-state index is -0.799. The van der Waals surface area contributed by atoms with Gasteiger partial charge in [0.05, 0.1) is 4.92 Å². The molecule has 0 atom stereocenters. The van der Waals surface area contributed by atoms with E-state index >= 15 is 0 Å². The van der Waals surface area contributed by atoms with Crippen LogP contribution in [-0.4, -0.2) is 39.1 Å². The van der Waals surface area contributed by atoms with Gasteiger partial charge in [-0.25, -0.2) is 4.98 Å². The summed E-state index contributed by atoms with van der Waals surface area (Å²) >= 11 is 5.88. The minimum absolute atomic E-state index is 0.146. The second kappa shape index (κ2) is 8.83. The Hall–Kier alpha value is -2.94. The summed E-state index contributed by atoms with van der Waals surface area (Å²) in [7, 11) is 0. The van der Waals surface area contributed by atoms with Crippen LogP contribution in [0.4, 0.5) is 23.1 Å². The maximum Gasteiger partial charge on any atom is 0.329 e. The molecule has 2 aromatic rings. The molecule has 0 saturated carbocycles. The van der Waals surface area contributed by atoms with Crippen molar-refractivity contribution in [2.75, 3.05) is 23.3 Å². The monoisotopic (exact) mass is 405 g/mol. The molecule has 1 aliphatic rings. The van der Waals surface area contributed by atoms with E-state index in [1.165, 1.54) is 6.20 Å². The number of aliphatic carboxylic acids is 1. The van der Waals surface area contributed by atoms with E-state index in [4.69, 9.17) is 16.7 Å². The summed E-state index contributed by atoms with van der Waals surface area (Å²) in [6, 6.07) is 6.97. The van der Waals surface area contributed by atoms with Crippen molar-refractivity contribution in [1.29, 1.82) is 0 Å². The number of carboxylic acid groups (broad SMARTS) is 1. The molecular formula is C18H20ClN5O4. The number of carboxylic acids is 1. The lowest BCUT2D eigenvalue weighted by Crippen LogP contribution is -2.35. The van der Waals surface area contributed by atoms with Crippen molar-refractivity contribution < 1.29 is 14.8 Å². The average Bonchev–Trinajstić information content (AvgIpc) is 2.68. The van der Waals surface area contributed by atoms with E-state index in [1.54, 1.807) is 24.3 Å². The number of carbonyl (C=O) groups is 1. The van der Waals surface area contributed by atoms with Gasteiger partial charge in [-0.3, -0.25) is 14.9 Å². The molecule has 3 rings (SSSR count). The summed E-state index contributed by atoms with van der Waals surface area (Å²) in [5.74, 6) is 0.0377. The minimum Gasteiger partial charge on any atom is -0.481 e. The van der Waals surface area contributed by atoms with E-state index in [-0.39, 0.29) is 23.9 Å². The highest BCUT2D eigenvalue weighted by molar-refractivity contribution is 6.30. The van der Waals surface area contributed by atoms with E-state index in [0.29, 0.717) is 30.5 Å². The van der Waals surface area contributed by atoms with Crippen molar-refractivity contribution in [3.8, 4) is 0 Å². The fourth-order valence-corrected chi connectivity index (χ4v) is 3.34. The van der Waals surface area contributed by atoms with Gasteiger partial charge in [0.1, 0.15) is 6.20 Å². The number of rotatable bonds is 7. The van der Waals surface area contributed by atoms with Crippen molar-refractivity contribution in [1.82, 2.24) is 9.97 Å². The van der Waals surface area contributed by atoms with E-state index in [2.05, 4.69) is 15.3 Å². The standard InChI is InChI=1S/C18H20ClN5O4/c19-13-2-4-14(5-3-13)21-18-20-11-15(24(27)28)17(22-18)23-9-7-12(8-10-23)1-6-16(25)26/h2-5,11-12H,1,6-10H2,(H,25,26)(H,20,21,22). The first kappa shape index (κ1) is 19.8. The Morgan fingerprint density at radius 1 is 1.32 bits per heavy atom. The zero-order chi connectivity index (χ0) is 20.1. The third-order valence-electron chi connectivity index (χ3n) is 4.73. The first-order valence-electron chi connectivity index (χ1n) is 8.93. The molecule has 28 heavy (non-hydrogen) atoms. The van der Waals surface area contributed by atoms with E-state index in [9.17, 15) is 14.9 Å². The zero-order valence-electron chi connectivity index (χ0n) is 15.0. The van der Waals surface area contributed by atoms with Gasteiger partial charge < -0.3 is 15.3 Å². The molecule has 148 valence electrons. The SMILES string of the molecule is O=C(O)CCC1CCN(c2nc(Nc3ccc(Cl)cc3)ncc2[N+](=O)[O-])CC1. The van der Waals surface area contributed by atoms with Crippen LogP contribution in [0.25, 0.3) is 0 Å². The van der Waals surface area contributed by atoms with Gasteiger partial charge in [-0.1, -0.05) is 11.6 Å². The maximum absolute atomic E-state index is 11.4. The fourth-order valence-electron chi connectivity index (χ4n) is 3.21. The highest BCUT2D eigenvalue weighted by Crippen LogP contribution is 2.31. The zero-order valence-corrected chi connectivity index (χ0v) is 15.8. The molecule has 1 fully saturated rings. The Morgan fingerprint density at radius 2 is 2.00 bits per heavy atom. The molecule has 0 radical (unpaired) electrons. The van der Waals surface area contributed by atoms with Gasteiger partial charge in [0.2, 0.25) is 11.8 Å². The summed E-state index contributed by atoms with van der Waals surface area (Å²) in [5, 5.41) is 23.9. The molecule has 1 saturated heterocycles. The predicted octanol–water partition coefficient (Wildman–Crippen LogP) is 3.86. The van der Waals surface area contributed by atoms with Crippen molar-refractivity contribution in [2.24, 2.45) is 5.92 Å². The van der Waals surface area contributed by atoms with Gasteiger partial charge in [0.25, 0.3) is 0 Å². The first-order valence-corrected chi connectivity index (χ1v) is 9.31. The molecule has 2 N–H and O–H groups in total. The van der Waals surface area contributed by atoms with Crippen LogP contribution in [0.15, 0.2) is 30.5 Å². The molecule has 1 aromatic heterocycles. The van der Waals surface area contributed by atoms with Crippen molar-refractivity contribution >= 4 is 40.7 Å². The van der Waals surface area contributed by atoms with Crippen LogP contribution in [0.3, 0.4) is 0 Å². The topological polar surface area (TPSA) is 121 Å².